The van der Waals surface area contributed by atoms with Gasteiger partial charge in [0.15, 0.2) is 0 Å². The van der Waals surface area contributed by atoms with Crippen molar-refractivity contribution in [2.75, 3.05) is 39.3 Å². The molecule has 2 rings (SSSR count). The molecule has 2 fully saturated rings. The van der Waals surface area contributed by atoms with E-state index in [0.29, 0.717) is 6.54 Å². The standard InChI is InChI=1S/C11H21N3O2/c15-9-11(2-3-11)13-10(16)8-14-6-1-4-12-5-7-14/h12,15H,1-9H2,(H,13,16). The van der Waals surface area contributed by atoms with Gasteiger partial charge in [-0.25, -0.2) is 0 Å². The van der Waals surface area contributed by atoms with E-state index in [1.165, 1.54) is 0 Å². The smallest absolute Gasteiger partial charge is 0.234 e. The maximum absolute atomic E-state index is 11.8. The first kappa shape index (κ1) is 11.8. The molecule has 2 aliphatic rings. The number of carbonyl (C=O) groups excluding carboxylic acids is 1. The SMILES string of the molecule is O=C(CN1CCCNCC1)NC1(CO)CC1. The first-order valence-electron chi connectivity index (χ1n) is 6.09. The van der Waals surface area contributed by atoms with Crippen molar-refractivity contribution in [3.8, 4) is 0 Å². The van der Waals surface area contributed by atoms with Crippen molar-refractivity contribution in [2.24, 2.45) is 0 Å². The number of rotatable bonds is 4. The molecule has 0 unspecified atom stereocenters. The molecule has 0 aromatic carbocycles. The summed E-state index contributed by atoms with van der Waals surface area (Å²) >= 11 is 0. The van der Waals surface area contributed by atoms with Gasteiger partial charge in [0, 0.05) is 13.1 Å². The van der Waals surface area contributed by atoms with Crippen molar-refractivity contribution in [3.63, 3.8) is 0 Å². The minimum atomic E-state index is -0.277. The highest BCUT2D eigenvalue weighted by Gasteiger charge is 2.43. The number of nitrogens with zero attached hydrogens (tertiary/aromatic N) is 1. The Morgan fingerprint density at radius 3 is 2.88 bits per heavy atom. The quantitative estimate of drug-likeness (QED) is 0.572. The molecular formula is C11H21N3O2. The summed E-state index contributed by atoms with van der Waals surface area (Å²) in [6, 6.07) is 0. The Hall–Kier alpha value is -0.650. The second-order valence-corrected chi connectivity index (χ2v) is 4.87. The van der Waals surface area contributed by atoms with Crippen molar-refractivity contribution in [1.29, 1.82) is 0 Å². The molecule has 3 N–H and O–H groups in total. The summed E-state index contributed by atoms with van der Waals surface area (Å²) in [5, 5.41) is 15.4. The van der Waals surface area contributed by atoms with Crippen LogP contribution in [-0.4, -0.2) is 60.8 Å². The molecule has 0 aromatic rings. The lowest BCUT2D eigenvalue weighted by molar-refractivity contribution is -0.123. The number of nitrogens with one attached hydrogen (secondary N) is 2. The van der Waals surface area contributed by atoms with E-state index < -0.39 is 0 Å². The first-order chi connectivity index (χ1) is 7.74. The third kappa shape index (κ3) is 3.17. The van der Waals surface area contributed by atoms with Gasteiger partial charge in [0.05, 0.1) is 18.7 Å². The fourth-order valence-electron chi connectivity index (χ4n) is 2.07. The summed E-state index contributed by atoms with van der Waals surface area (Å²) in [5.41, 5.74) is -0.277. The number of aliphatic hydroxyl groups excluding tert-OH is 1. The van der Waals surface area contributed by atoms with Crippen LogP contribution in [0.4, 0.5) is 0 Å². The summed E-state index contributed by atoms with van der Waals surface area (Å²) in [7, 11) is 0. The predicted octanol–water partition coefficient (Wildman–Crippen LogP) is -1.08. The fourth-order valence-corrected chi connectivity index (χ4v) is 2.07. The minimum absolute atomic E-state index is 0.0495. The van der Waals surface area contributed by atoms with Gasteiger partial charge in [-0.05, 0) is 32.4 Å². The van der Waals surface area contributed by atoms with Crippen LogP contribution in [0.2, 0.25) is 0 Å². The molecule has 1 saturated carbocycles. The van der Waals surface area contributed by atoms with E-state index in [4.69, 9.17) is 5.11 Å². The molecule has 0 atom stereocenters. The largest absolute Gasteiger partial charge is 0.394 e. The fraction of sp³-hybridized carbons (Fsp3) is 0.909. The topological polar surface area (TPSA) is 64.6 Å². The lowest BCUT2D eigenvalue weighted by atomic mass is 10.3. The van der Waals surface area contributed by atoms with Gasteiger partial charge in [0.2, 0.25) is 5.91 Å². The van der Waals surface area contributed by atoms with Gasteiger partial charge in [-0.15, -0.1) is 0 Å². The molecule has 1 heterocycles. The van der Waals surface area contributed by atoms with Gasteiger partial charge in [0.25, 0.3) is 0 Å². The van der Waals surface area contributed by atoms with Gasteiger partial charge in [-0.1, -0.05) is 0 Å². The summed E-state index contributed by atoms with van der Waals surface area (Å²) in [6.07, 6.45) is 2.92. The Labute approximate surface area is 96.2 Å². The van der Waals surface area contributed by atoms with Gasteiger partial charge in [0.1, 0.15) is 0 Å². The zero-order valence-electron chi connectivity index (χ0n) is 9.67. The van der Waals surface area contributed by atoms with Gasteiger partial charge in [-0.3, -0.25) is 9.69 Å². The highest BCUT2D eigenvalue weighted by atomic mass is 16.3. The molecule has 1 aliphatic heterocycles. The molecule has 1 saturated heterocycles. The highest BCUT2D eigenvalue weighted by Crippen LogP contribution is 2.34. The zero-order chi connectivity index (χ0) is 11.4. The normalized spacial score (nSPS) is 24.8. The summed E-state index contributed by atoms with van der Waals surface area (Å²) in [5.74, 6) is 0.0495. The van der Waals surface area contributed by atoms with Crippen LogP contribution in [0.25, 0.3) is 0 Å². The Kier molecular flexibility index (Phi) is 3.78. The molecule has 0 bridgehead atoms. The number of hydrogen-bond acceptors (Lipinski definition) is 4. The number of hydrogen-bond donors (Lipinski definition) is 3. The van der Waals surface area contributed by atoms with Crippen molar-refractivity contribution in [1.82, 2.24) is 15.5 Å². The van der Waals surface area contributed by atoms with Crippen LogP contribution >= 0.6 is 0 Å². The third-order valence-electron chi connectivity index (χ3n) is 3.36. The van der Waals surface area contributed by atoms with Gasteiger partial charge < -0.3 is 15.7 Å². The lowest BCUT2D eigenvalue weighted by Crippen LogP contribution is -2.45. The van der Waals surface area contributed by atoms with E-state index in [9.17, 15) is 4.79 Å². The number of amides is 1. The van der Waals surface area contributed by atoms with E-state index in [0.717, 1.165) is 45.4 Å². The van der Waals surface area contributed by atoms with Crippen molar-refractivity contribution >= 4 is 5.91 Å². The second kappa shape index (κ2) is 5.12. The Balaban J connectivity index is 1.73. The minimum Gasteiger partial charge on any atom is -0.394 e. The molecule has 0 spiro atoms. The van der Waals surface area contributed by atoms with Crippen molar-refractivity contribution in [2.45, 2.75) is 24.8 Å². The monoisotopic (exact) mass is 227 g/mol. The molecule has 92 valence electrons. The van der Waals surface area contributed by atoms with E-state index in [2.05, 4.69) is 15.5 Å². The van der Waals surface area contributed by atoms with Crippen LogP contribution in [0, 0.1) is 0 Å². The average molecular weight is 227 g/mol. The lowest BCUT2D eigenvalue weighted by Gasteiger charge is -2.21. The van der Waals surface area contributed by atoms with Crippen molar-refractivity contribution in [3.05, 3.63) is 0 Å². The van der Waals surface area contributed by atoms with Crippen LogP contribution in [0.3, 0.4) is 0 Å². The molecule has 1 amide bonds. The van der Waals surface area contributed by atoms with Gasteiger partial charge in [-0.2, -0.15) is 0 Å². The summed E-state index contributed by atoms with van der Waals surface area (Å²) < 4.78 is 0. The maximum Gasteiger partial charge on any atom is 0.234 e. The molecule has 16 heavy (non-hydrogen) atoms. The van der Waals surface area contributed by atoms with Crippen LogP contribution in [-0.2, 0) is 4.79 Å². The Morgan fingerprint density at radius 1 is 1.38 bits per heavy atom. The van der Waals surface area contributed by atoms with Crippen LogP contribution in [0.5, 0.6) is 0 Å². The Morgan fingerprint density at radius 2 is 2.19 bits per heavy atom. The van der Waals surface area contributed by atoms with E-state index in [1.54, 1.807) is 0 Å². The van der Waals surface area contributed by atoms with Crippen molar-refractivity contribution < 1.29 is 9.90 Å². The van der Waals surface area contributed by atoms with Gasteiger partial charge >= 0.3 is 0 Å². The van der Waals surface area contributed by atoms with E-state index in [1.807, 2.05) is 0 Å². The molecule has 5 nitrogen and oxygen atoms in total. The average Bonchev–Trinajstić information content (AvgIpc) is 3.04. The predicted molar refractivity (Wildman–Crippen MR) is 61.1 cm³/mol. The number of aliphatic hydroxyl groups is 1. The summed E-state index contributed by atoms with van der Waals surface area (Å²) in [4.78, 5) is 13.9. The van der Waals surface area contributed by atoms with E-state index in [-0.39, 0.29) is 18.1 Å². The summed E-state index contributed by atoms with van der Waals surface area (Å²) in [6.45, 7) is 4.44. The zero-order valence-corrected chi connectivity index (χ0v) is 9.67. The highest BCUT2D eigenvalue weighted by molar-refractivity contribution is 5.79. The second-order valence-electron chi connectivity index (χ2n) is 4.87. The Bertz CT molecular complexity index is 246. The third-order valence-corrected chi connectivity index (χ3v) is 3.36. The first-order valence-corrected chi connectivity index (χ1v) is 6.09. The molecule has 5 heteroatoms. The molecular weight excluding hydrogens is 206 g/mol. The van der Waals surface area contributed by atoms with Crippen LogP contribution in [0.1, 0.15) is 19.3 Å². The molecule has 0 radical (unpaired) electrons. The van der Waals surface area contributed by atoms with E-state index >= 15 is 0 Å². The molecule has 0 aromatic heterocycles. The molecule has 1 aliphatic carbocycles. The van der Waals surface area contributed by atoms with Crippen LogP contribution in [0.15, 0.2) is 0 Å². The number of carbonyl (C=O) groups is 1. The maximum atomic E-state index is 11.8. The van der Waals surface area contributed by atoms with Crippen LogP contribution < -0.4 is 10.6 Å².